The predicted molar refractivity (Wildman–Crippen MR) is 79.1 cm³/mol. The molecule has 2 aromatic rings. The van der Waals surface area contributed by atoms with Crippen LogP contribution in [0.5, 0.6) is 5.75 Å². The van der Waals surface area contributed by atoms with E-state index in [0.717, 1.165) is 18.6 Å². The lowest BCUT2D eigenvalue weighted by molar-refractivity contribution is 0.417. The summed E-state index contributed by atoms with van der Waals surface area (Å²) in [5.41, 5.74) is 5.50. The van der Waals surface area contributed by atoms with Crippen LogP contribution >= 0.6 is 0 Å². The van der Waals surface area contributed by atoms with Gasteiger partial charge in [0.1, 0.15) is 5.75 Å². The number of methoxy groups -OCH3 is 1. The molecule has 102 valence electrons. The minimum absolute atomic E-state index is 0.600. The van der Waals surface area contributed by atoms with Gasteiger partial charge < -0.3 is 14.6 Å². The Morgan fingerprint density at radius 2 is 2.16 bits per heavy atom. The normalized spacial score (nSPS) is 18.6. The number of rotatable bonds is 2. The summed E-state index contributed by atoms with van der Waals surface area (Å²) >= 11 is 0. The largest absolute Gasteiger partial charge is 0.495 e. The summed E-state index contributed by atoms with van der Waals surface area (Å²) in [5, 5.41) is 4.79. The Labute approximate surface area is 114 Å². The zero-order chi connectivity index (χ0) is 13.6. The van der Waals surface area contributed by atoms with Crippen molar-refractivity contribution < 1.29 is 4.74 Å². The maximum absolute atomic E-state index is 5.58. The van der Waals surface area contributed by atoms with E-state index < -0.39 is 0 Å². The van der Waals surface area contributed by atoms with Crippen molar-refractivity contribution in [1.82, 2.24) is 9.88 Å². The van der Waals surface area contributed by atoms with Gasteiger partial charge in [0.2, 0.25) is 0 Å². The Morgan fingerprint density at radius 3 is 2.84 bits per heavy atom. The molecule has 0 spiro atoms. The molecule has 19 heavy (non-hydrogen) atoms. The molecule has 1 atom stereocenters. The van der Waals surface area contributed by atoms with Crippen LogP contribution in [0.4, 0.5) is 0 Å². The summed E-state index contributed by atoms with van der Waals surface area (Å²) < 4.78 is 7.91. The SMILES string of the molecule is CNC1CCc2c(n(C)c3c(OC)cc(C)cc23)C1. The first-order valence-corrected chi connectivity index (χ1v) is 6.97. The van der Waals surface area contributed by atoms with E-state index in [1.807, 2.05) is 0 Å². The fraction of sp³-hybridized carbons (Fsp3) is 0.500. The molecule has 0 amide bonds. The van der Waals surface area contributed by atoms with E-state index in [0.29, 0.717) is 6.04 Å². The number of ether oxygens (including phenoxy) is 1. The number of hydrogen-bond donors (Lipinski definition) is 1. The van der Waals surface area contributed by atoms with Crippen LogP contribution in [0.3, 0.4) is 0 Å². The van der Waals surface area contributed by atoms with Gasteiger partial charge in [-0.25, -0.2) is 0 Å². The van der Waals surface area contributed by atoms with Crippen LogP contribution in [0.2, 0.25) is 0 Å². The average molecular weight is 258 g/mol. The number of aromatic nitrogens is 1. The summed E-state index contributed by atoms with van der Waals surface area (Å²) in [6, 6.07) is 5.03. The Bertz CT molecular complexity index is 627. The Morgan fingerprint density at radius 1 is 1.37 bits per heavy atom. The molecule has 1 N–H and O–H groups in total. The summed E-state index contributed by atoms with van der Waals surface area (Å²) in [5.74, 6) is 0.993. The van der Waals surface area contributed by atoms with Gasteiger partial charge in [-0.2, -0.15) is 0 Å². The molecule has 1 unspecified atom stereocenters. The van der Waals surface area contributed by atoms with Crippen LogP contribution in [0.25, 0.3) is 10.9 Å². The minimum Gasteiger partial charge on any atom is -0.495 e. The predicted octanol–water partition coefficient (Wildman–Crippen LogP) is 2.57. The van der Waals surface area contributed by atoms with Gasteiger partial charge in [0, 0.05) is 30.6 Å². The van der Waals surface area contributed by atoms with Crippen molar-refractivity contribution in [2.24, 2.45) is 7.05 Å². The average Bonchev–Trinajstić information content (AvgIpc) is 2.71. The van der Waals surface area contributed by atoms with E-state index in [1.54, 1.807) is 7.11 Å². The van der Waals surface area contributed by atoms with E-state index in [9.17, 15) is 0 Å². The van der Waals surface area contributed by atoms with Gasteiger partial charge in [-0.15, -0.1) is 0 Å². The first-order valence-electron chi connectivity index (χ1n) is 6.97. The Kier molecular flexibility index (Phi) is 3.02. The second-order valence-corrected chi connectivity index (χ2v) is 5.58. The molecule has 1 heterocycles. The van der Waals surface area contributed by atoms with Crippen LogP contribution in [-0.2, 0) is 19.9 Å². The minimum atomic E-state index is 0.600. The first kappa shape index (κ1) is 12.5. The number of benzene rings is 1. The Balaban J connectivity index is 2.27. The molecule has 0 saturated carbocycles. The van der Waals surface area contributed by atoms with Gasteiger partial charge in [-0.1, -0.05) is 0 Å². The lowest BCUT2D eigenvalue weighted by Crippen LogP contribution is -2.32. The second kappa shape index (κ2) is 4.57. The van der Waals surface area contributed by atoms with Gasteiger partial charge >= 0.3 is 0 Å². The highest BCUT2D eigenvalue weighted by atomic mass is 16.5. The fourth-order valence-corrected chi connectivity index (χ4v) is 3.41. The molecule has 0 bridgehead atoms. The maximum Gasteiger partial charge on any atom is 0.143 e. The highest BCUT2D eigenvalue weighted by Gasteiger charge is 2.25. The van der Waals surface area contributed by atoms with Crippen molar-refractivity contribution in [2.45, 2.75) is 32.2 Å². The van der Waals surface area contributed by atoms with E-state index in [4.69, 9.17) is 4.74 Å². The van der Waals surface area contributed by atoms with E-state index >= 15 is 0 Å². The van der Waals surface area contributed by atoms with Crippen molar-refractivity contribution in [2.75, 3.05) is 14.2 Å². The molecule has 1 aromatic carbocycles. The highest BCUT2D eigenvalue weighted by molar-refractivity contribution is 5.91. The molecule has 3 heteroatoms. The van der Waals surface area contributed by atoms with Crippen molar-refractivity contribution in [3.63, 3.8) is 0 Å². The first-order chi connectivity index (χ1) is 9.15. The molecule has 0 saturated heterocycles. The van der Waals surface area contributed by atoms with Crippen LogP contribution < -0.4 is 10.1 Å². The quantitative estimate of drug-likeness (QED) is 0.896. The molecular formula is C16H22N2O. The lowest BCUT2D eigenvalue weighted by Gasteiger charge is -2.23. The van der Waals surface area contributed by atoms with Crippen LogP contribution in [0.1, 0.15) is 23.2 Å². The van der Waals surface area contributed by atoms with Gasteiger partial charge in [-0.05, 0) is 50.1 Å². The number of hydrogen-bond acceptors (Lipinski definition) is 2. The summed E-state index contributed by atoms with van der Waals surface area (Å²) in [6.45, 7) is 2.14. The van der Waals surface area contributed by atoms with Gasteiger partial charge in [0.25, 0.3) is 0 Å². The van der Waals surface area contributed by atoms with Gasteiger partial charge in [0.05, 0.1) is 12.6 Å². The molecule has 1 aliphatic rings. The van der Waals surface area contributed by atoms with Gasteiger partial charge in [-0.3, -0.25) is 0 Å². The zero-order valence-electron chi connectivity index (χ0n) is 12.2. The molecule has 0 aliphatic heterocycles. The smallest absolute Gasteiger partial charge is 0.143 e. The summed E-state index contributed by atoms with van der Waals surface area (Å²) in [6.07, 6.45) is 3.49. The highest BCUT2D eigenvalue weighted by Crippen LogP contribution is 2.36. The van der Waals surface area contributed by atoms with Crippen LogP contribution in [0.15, 0.2) is 12.1 Å². The van der Waals surface area contributed by atoms with E-state index in [2.05, 4.69) is 43.0 Å². The van der Waals surface area contributed by atoms with Crippen molar-refractivity contribution in [1.29, 1.82) is 0 Å². The number of likely N-dealkylation sites (N-methyl/N-ethyl adjacent to an activating group) is 1. The van der Waals surface area contributed by atoms with E-state index in [-0.39, 0.29) is 0 Å². The van der Waals surface area contributed by atoms with Crippen molar-refractivity contribution >= 4 is 10.9 Å². The number of nitrogens with one attached hydrogen (secondary N) is 1. The molecule has 1 aliphatic carbocycles. The maximum atomic E-state index is 5.58. The molecule has 3 nitrogen and oxygen atoms in total. The zero-order valence-corrected chi connectivity index (χ0v) is 12.2. The topological polar surface area (TPSA) is 26.2 Å². The summed E-state index contributed by atoms with van der Waals surface area (Å²) in [4.78, 5) is 0. The fourth-order valence-electron chi connectivity index (χ4n) is 3.41. The third-order valence-corrected chi connectivity index (χ3v) is 4.44. The third kappa shape index (κ3) is 1.84. The van der Waals surface area contributed by atoms with Crippen molar-refractivity contribution in [3.8, 4) is 5.75 Å². The molecule has 1 aromatic heterocycles. The van der Waals surface area contributed by atoms with Crippen LogP contribution in [-0.4, -0.2) is 24.8 Å². The number of fused-ring (bicyclic) bond motifs is 3. The molecule has 0 fully saturated rings. The third-order valence-electron chi connectivity index (χ3n) is 4.44. The van der Waals surface area contributed by atoms with Crippen molar-refractivity contribution in [3.05, 3.63) is 29.0 Å². The number of aryl methyl sites for hydroxylation is 3. The molecular weight excluding hydrogens is 236 g/mol. The number of nitrogens with zero attached hydrogens (tertiary/aromatic N) is 1. The molecule has 3 rings (SSSR count). The van der Waals surface area contributed by atoms with Crippen LogP contribution in [0, 0.1) is 6.92 Å². The second-order valence-electron chi connectivity index (χ2n) is 5.58. The Hall–Kier alpha value is -1.48. The lowest BCUT2D eigenvalue weighted by atomic mass is 9.91. The standard InChI is InChI=1S/C16H22N2O/c1-10-7-13-12-6-5-11(17-2)9-14(12)18(3)16(13)15(8-10)19-4/h7-8,11,17H,5-6,9H2,1-4H3. The van der Waals surface area contributed by atoms with E-state index in [1.165, 1.54) is 34.1 Å². The summed E-state index contributed by atoms with van der Waals surface area (Å²) in [7, 11) is 5.98. The molecule has 0 radical (unpaired) electrons. The monoisotopic (exact) mass is 258 g/mol. The van der Waals surface area contributed by atoms with Gasteiger partial charge in [0.15, 0.2) is 0 Å².